The third-order valence-electron chi connectivity index (χ3n) is 5.66. The van der Waals surface area contributed by atoms with Gasteiger partial charge < -0.3 is 25.8 Å². The molecule has 4 N–H and O–H groups in total. The number of aliphatic hydroxyl groups is 1. The van der Waals surface area contributed by atoms with Gasteiger partial charge in [0.15, 0.2) is 0 Å². The van der Waals surface area contributed by atoms with Gasteiger partial charge in [0.05, 0.1) is 11.7 Å². The molecule has 1 fully saturated rings. The van der Waals surface area contributed by atoms with E-state index in [9.17, 15) is 9.90 Å². The third-order valence-corrected chi connectivity index (χ3v) is 5.66. The van der Waals surface area contributed by atoms with E-state index in [1.165, 1.54) is 11.2 Å². The number of hydrogen-bond acceptors (Lipinski definition) is 7. The number of aliphatic hydroxyl groups excluding tert-OH is 1. The summed E-state index contributed by atoms with van der Waals surface area (Å²) in [4.78, 5) is 21.7. The molecular weight excluding hydrogens is 418 g/mol. The van der Waals surface area contributed by atoms with Crippen molar-refractivity contribution in [3.8, 4) is 35.0 Å². The Labute approximate surface area is 192 Å². The lowest BCUT2D eigenvalue weighted by Crippen LogP contribution is -2.48. The molecule has 0 bridgehead atoms. The molecule has 168 valence electrons. The average Bonchev–Trinajstić information content (AvgIpc) is 2.84. The first kappa shape index (κ1) is 22.1. The smallest absolute Gasteiger partial charge is 0.298 e. The largest absolute Gasteiger partial charge is 0.457 e. The lowest BCUT2D eigenvalue weighted by molar-refractivity contribution is -0.129. The van der Waals surface area contributed by atoms with Gasteiger partial charge >= 0.3 is 0 Å². The zero-order valence-corrected chi connectivity index (χ0v) is 18.0. The second kappa shape index (κ2) is 10.0. The standard InChI is InChI=1S/C25H25N5O3/c1-2-22(32)30-13-12-18(21(31)15-30)14-27-25-23(24(26)28-16-29-25)17-8-10-20(11-9-17)33-19-6-4-3-5-7-19/h1,3-11,16,18,21,31H,12-15H2,(H3,26,27,28,29). The topological polar surface area (TPSA) is 114 Å². The van der Waals surface area contributed by atoms with Crippen LogP contribution in [0.4, 0.5) is 11.6 Å². The van der Waals surface area contributed by atoms with Crippen molar-refractivity contribution in [2.45, 2.75) is 12.5 Å². The number of likely N-dealkylation sites (tertiary alicyclic amines) is 1. The number of hydrogen-bond donors (Lipinski definition) is 3. The van der Waals surface area contributed by atoms with E-state index < -0.39 is 12.0 Å². The molecule has 3 aromatic rings. The summed E-state index contributed by atoms with van der Waals surface area (Å²) in [6.07, 6.45) is 6.53. The van der Waals surface area contributed by atoms with Gasteiger partial charge in [0.1, 0.15) is 29.5 Å². The predicted octanol–water partition coefficient (Wildman–Crippen LogP) is 2.77. The van der Waals surface area contributed by atoms with Gasteiger partial charge in [-0.25, -0.2) is 9.97 Å². The van der Waals surface area contributed by atoms with Gasteiger partial charge in [-0.05, 0) is 42.2 Å². The number of carbonyl (C=O) groups excluding carboxylic acids is 1. The molecule has 4 rings (SSSR count). The van der Waals surface area contributed by atoms with Crippen LogP contribution in [0.15, 0.2) is 60.9 Å². The molecule has 8 heteroatoms. The molecule has 1 aromatic heterocycles. The van der Waals surface area contributed by atoms with Crippen molar-refractivity contribution in [2.75, 3.05) is 30.7 Å². The van der Waals surface area contributed by atoms with Crippen LogP contribution in [0.25, 0.3) is 11.1 Å². The van der Waals surface area contributed by atoms with E-state index in [1.54, 1.807) is 0 Å². The number of nitrogens with one attached hydrogen (secondary N) is 1. The van der Waals surface area contributed by atoms with Crippen LogP contribution in [0.2, 0.25) is 0 Å². The molecule has 1 aliphatic rings. The molecule has 33 heavy (non-hydrogen) atoms. The Kier molecular flexibility index (Phi) is 6.72. The Balaban J connectivity index is 1.46. The number of benzene rings is 2. The van der Waals surface area contributed by atoms with Crippen LogP contribution in [0, 0.1) is 18.3 Å². The summed E-state index contributed by atoms with van der Waals surface area (Å²) < 4.78 is 5.86. The molecule has 2 aromatic carbocycles. The maximum atomic E-state index is 11.7. The molecule has 2 atom stereocenters. The van der Waals surface area contributed by atoms with Crippen LogP contribution in [-0.4, -0.2) is 51.6 Å². The summed E-state index contributed by atoms with van der Waals surface area (Å²) in [5.74, 6) is 4.02. The van der Waals surface area contributed by atoms with Crippen molar-refractivity contribution in [3.63, 3.8) is 0 Å². The van der Waals surface area contributed by atoms with Gasteiger partial charge in [0.25, 0.3) is 5.91 Å². The fraction of sp³-hybridized carbons (Fsp3) is 0.240. The Morgan fingerprint density at radius 3 is 2.61 bits per heavy atom. The third kappa shape index (κ3) is 5.22. The van der Waals surface area contributed by atoms with Crippen LogP contribution in [-0.2, 0) is 4.79 Å². The zero-order chi connectivity index (χ0) is 23.2. The number of terminal acetylenes is 1. The van der Waals surface area contributed by atoms with Crippen LogP contribution in [0.1, 0.15) is 6.42 Å². The van der Waals surface area contributed by atoms with E-state index in [2.05, 4.69) is 21.2 Å². The number of nitrogens with zero attached hydrogens (tertiary/aromatic N) is 3. The quantitative estimate of drug-likeness (QED) is 0.502. The van der Waals surface area contributed by atoms with Gasteiger partial charge in [-0.3, -0.25) is 4.79 Å². The van der Waals surface area contributed by atoms with E-state index in [1.807, 2.05) is 54.6 Å². The molecule has 2 heterocycles. The van der Waals surface area contributed by atoms with Crippen LogP contribution < -0.4 is 15.8 Å². The average molecular weight is 444 g/mol. The summed E-state index contributed by atoms with van der Waals surface area (Å²) in [5.41, 5.74) is 7.70. The number of carbonyl (C=O) groups is 1. The maximum Gasteiger partial charge on any atom is 0.298 e. The van der Waals surface area contributed by atoms with Crippen LogP contribution >= 0.6 is 0 Å². The SMILES string of the molecule is C#CC(=O)N1CCC(CNc2ncnc(N)c2-c2ccc(Oc3ccccc3)cc2)C(O)C1. The number of nitrogen functional groups attached to an aromatic ring is 1. The Morgan fingerprint density at radius 2 is 1.91 bits per heavy atom. The van der Waals surface area contributed by atoms with E-state index in [-0.39, 0.29) is 12.5 Å². The van der Waals surface area contributed by atoms with E-state index >= 15 is 0 Å². The lowest BCUT2D eigenvalue weighted by atomic mass is 9.93. The number of ether oxygens (including phenoxy) is 1. The first-order chi connectivity index (χ1) is 16.0. The first-order valence-corrected chi connectivity index (χ1v) is 10.7. The molecule has 0 spiro atoms. The molecule has 0 radical (unpaired) electrons. The molecule has 8 nitrogen and oxygen atoms in total. The summed E-state index contributed by atoms with van der Waals surface area (Å²) in [7, 11) is 0. The van der Waals surface area contributed by atoms with E-state index in [4.69, 9.17) is 16.9 Å². The van der Waals surface area contributed by atoms with Crippen molar-refractivity contribution in [1.82, 2.24) is 14.9 Å². The number of piperidine rings is 1. The van der Waals surface area contributed by atoms with Gasteiger partial charge in [0.2, 0.25) is 0 Å². The van der Waals surface area contributed by atoms with Crippen molar-refractivity contribution in [3.05, 3.63) is 60.9 Å². The Bertz CT molecular complexity index is 1140. The van der Waals surface area contributed by atoms with E-state index in [0.717, 1.165) is 11.3 Å². The Hall–Kier alpha value is -4.09. The number of rotatable bonds is 6. The number of aromatic nitrogens is 2. The van der Waals surface area contributed by atoms with Crippen LogP contribution in [0.5, 0.6) is 11.5 Å². The molecule has 1 aliphatic heterocycles. The number of para-hydroxylation sites is 1. The minimum absolute atomic E-state index is 0.0579. The summed E-state index contributed by atoms with van der Waals surface area (Å²) in [6, 6.07) is 17.1. The fourth-order valence-electron chi connectivity index (χ4n) is 3.85. The highest BCUT2D eigenvalue weighted by atomic mass is 16.5. The number of β-amino-alcohol motifs (C(OH)–C–C–N with tert-alkyl or cyclic N) is 1. The normalized spacial score (nSPS) is 17.8. The highest BCUT2D eigenvalue weighted by molar-refractivity contribution is 5.93. The number of nitrogens with two attached hydrogens (primary N) is 1. The Morgan fingerprint density at radius 1 is 1.18 bits per heavy atom. The van der Waals surface area contributed by atoms with Crippen LogP contribution in [0.3, 0.4) is 0 Å². The van der Waals surface area contributed by atoms with Gasteiger partial charge in [-0.2, -0.15) is 0 Å². The van der Waals surface area contributed by atoms with Crippen molar-refractivity contribution in [2.24, 2.45) is 5.92 Å². The van der Waals surface area contributed by atoms with Crippen molar-refractivity contribution < 1.29 is 14.6 Å². The highest BCUT2D eigenvalue weighted by Crippen LogP contribution is 2.33. The zero-order valence-electron chi connectivity index (χ0n) is 18.0. The second-order valence-electron chi connectivity index (χ2n) is 7.81. The molecule has 0 saturated carbocycles. The van der Waals surface area contributed by atoms with Gasteiger partial charge in [0, 0.05) is 25.6 Å². The number of anilines is 2. The molecule has 0 aliphatic carbocycles. The lowest BCUT2D eigenvalue weighted by Gasteiger charge is -2.35. The summed E-state index contributed by atoms with van der Waals surface area (Å²) in [6.45, 7) is 1.20. The first-order valence-electron chi connectivity index (χ1n) is 10.7. The van der Waals surface area contributed by atoms with E-state index in [0.29, 0.717) is 42.5 Å². The minimum atomic E-state index is -0.680. The van der Waals surface area contributed by atoms with Gasteiger partial charge in [-0.15, -0.1) is 6.42 Å². The van der Waals surface area contributed by atoms with Gasteiger partial charge in [-0.1, -0.05) is 30.3 Å². The van der Waals surface area contributed by atoms with Crippen molar-refractivity contribution in [1.29, 1.82) is 0 Å². The second-order valence-corrected chi connectivity index (χ2v) is 7.81. The highest BCUT2D eigenvalue weighted by Gasteiger charge is 2.29. The molecule has 1 saturated heterocycles. The fourth-order valence-corrected chi connectivity index (χ4v) is 3.85. The van der Waals surface area contributed by atoms with Crippen molar-refractivity contribution >= 4 is 17.5 Å². The monoisotopic (exact) mass is 443 g/mol. The summed E-state index contributed by atoms with van der Waals surface area (Å²) >= 11 is 0. The maximum absolute atomic E-state index is 11.7. The molecular formula is C25H25N5O3. The predicted molar refractivity (Wildman–Crippen MR) is 126 cm³/mol. The molecule has 2 unspecified atom stereocenters. The molecule has 1 amide bonds. The minimum Gasteiger partial charge on any atom is -0.457 e. The number of amides is 1. The summed E-state index contributed by atoms with van der Waals surface area (Å²) in [5, 5.41) is 13.8.